The van der Waals surface area contributed by atoms with E-state index in [1.807, 2.05) is 26.0 Å². The molecule has 2 N–H and O–H groups in total. The van der Waals surface area contributed by atoms with Crippen LogP contribution in [0, 0.1) is 0 Å². The van der Waals surface area contributed by atoms with Gasteiger partial charge < -0.3 is 19.9 Å². The van der Waals surface area contributed by atoms with Crippen molar-refractivity contribution < 1.29 is 19.0 Å². The normalized spacial score (nSPS) is 10.6. The van der Waals surface area contributed by atoms with Gasteiger partial charge in [0.1, 0.15) is 11.5 Å². The molecule has 0 aromatic heterocycles. The van der Waals surface area contributed by atoms with E-state index in [-0.39, 0.29) is 12.1 Å². The Labute approximate surface area is 155 Å². The van der Waals surface area contributed by atoms with Crippen molar-refractivity contribution in [3.05, 3.63) is 53.6 Å². The number of esters is 1. The summed E-state index contributed by atoms with van der Waals surface area (Å²) >= 11 is 0. The number of benzene rings is 2. The van der Waals surface area contributed by atoms with Gasteiger partial charge in [0.25, 0.3) is 0 Å². The van der Waals surface area contributed by atoms with Crippen molar-refractivity contribution in [2.45, 2.75) is 39.7 Å². The van der Waals surface area contributed by atoms with Crippen LogP contribution in [0.4, 0.5) is 5.69 Å². The molecule has 2 rings (SSSR count). The fourth-order valence-corrected chi connectivity index (χ4v) is 2.32. The number of carbonyl (C=O) groups excluding carboxylic acids is 1. The second-order valence-corrected chi connectivity index (χ2v) is 6.25. The molecule has 2 aromatic carbocycles. The molecule has 26 heavy (non-hydrogen) atoms. The van der Waals surface area contributed by atoms with Crippen LogP contribution in [-0.4, -0.2) is 25.3 Å². The smallest absolute Gasteiger partial charge is 0.338 e. The van der Waals surface area contributed by atoms with Crippen LogP contribution >= 0.6 is 0 Å². The average Bonchev–Trinajstić information content (AvgIpc) is 2.62. The molecule has 0 spiro atoms. The minimum absolute atomic E-state index is 0.173. The Balaban J connectivity index is 1.80. The first-order chi connectivity index (χ1) is 12.5. The van der Waals surface area contributed by atoms with Gasteiger partial charge in [-0.1, -0.05) is 19.1 Å². The maximum atomic E-state index is 12.0. The summed E-state index contributed by atoms with van der Waals surface area (Å²) in [7, 11) is 0. The molecule has 0 bridgehead atoms. The number of aryl methyl sites for hydroxylation is 1. The third-order valence-corrected chi connectivity index (χ3v) is 3.74. The molecular weight excluding hydrogens is 330 g/mol. The van der Waals surface area contributed by atoms with Gasteiger partial charge in [0.05, 0.1) is 30.6 Å². The molecule has 0 aliphatic rings. The van der Waals surface area contributed by atoms with E-state index >= 15 is 0 Å². The number of nitrogens with two attached hydrogens (primary N) is 1. The largest absolute Gasteiger partial charge is 0.493 e. The maximum absolute atomic E-state index is 12.0. The van der Waals surface area contributed by atoms with Crippen molar-refractivity contribution in [2.24, 2.45) is 0 Å². The molecule has 0 unspecified atom stereocenters. The Morgan fingerprint density at radius 3 is 2.38 bits per heavy atom. The van der Waals surface area contributed by atoms with Gasteiger partial charge in [0, 0.05) is 6.42 Å². The lowest BCUT2D eigenvalue weighted by molar-refractivity contribution is 0.0377. The summed E-state index contributed by atoms with van der Waals surface area (Å²) in [6.45, 7) is 6.72. The Morgan fingerprint density at radius 1 is 1.04 bits per heavy atom. The topological polar surface area (TPSA) is 70.8 Å². The second-order valence-electron chi connectivity index (χ2n) is 6.25. The van der Waals surface area contributed by atoms with Gasteiger partial charge >= 0.3 is 5.97 Å². The van der Waals surface area contributed by atoms with Crippen LogP contribution in [0.15, 0.2) is 42.5 Å². The molecule has 0 fully saturated rings. The quantitative estimate of drug-likeness (QED) is 0.413. The lowest BCUT2D eigenvalue weighted by atomic mass is 10.2. The van der Waals surface area contributed by atoms with Crippen LogP contribution in [0.25, 0.3) is 0 Å². The third kappa shape index (κ3) is 5.99. The highest BCUT2D eigenvalue weighted by Gasteiger charge is 2.12. The van der Waals surface area contributed by atoms with Crippen molar-refractivity contribution >= 4 is 11.7 Å². The number of ether oxygens (including phenoxy) is 3. The number of anilines is 1. The van der Waals surface area contributed by atoms with Crippen LogP contribution in [-0.2, 0) is 11.2 Å². The van der Waals surface area contributed by atoms with Crippen LogP contribution in [0.1, 0.15) is 43.1 Å². The van der Waals surface area contributed by atoms with Gasteiger partial charge in [-0.15, -0.1) is 0 Å². The minimum Gasteiger partial charge on any atom is -0.493 e. The standard InChI is InChI=1S/C21H27NO4/c1-4-16-6-9-18(10-7-16)24-12-5-13-25-20-14-17(8-11-19(20)22)21(23)26-15(2)3/h6-11,14-15H,4-5,12-13,22H2,1-3H3. The van der Waals surface area contributed by atoms with Crippen LogP contribution in [0.2, 0.25) is 0 Å². The number of nitrogen functional groups attached to an aromatic ring is 1. The van der Waals surface area contributed by atoms with Gasteiger partial charge in [0.15, 0.2) is 0 Å². The van der Waals surface area contributed by atoms with Crippen molar-refractivity contribution in [1.29, 1.82) is 0 Å². The molecule has 0 radical (unpaired) electrons. The van der Waals surface area contributed by atoms with E-state index in [4.69, 9.17) is 19.9 Å². The maximum Gasteiger partial charge on any atom is 0.338 e. The minimum atomic E-state index is -0.385. The molecule has 0 aliphatic heterocycles. The van der Waals surface area contributed by atoms with E-state index in [1.54, 1.807) is 18.2 Å². The third-order valence-electron chi connectivity index (χ3n) is 3.74. The van der Waals surface area contributed by atoms with E-state index in [0.717, 1.165) is 12.2 Å². The molecule has 140 valence electrons. The fourth-order valence-electron chi connectivity index (χ4n) is 2.32. The molecule has 0 saturated carbocycles. The van der Waals surface area contributed by atoms with Crippen molar-refractivity contribution in [3.8, 4) is 11.5 Å². The number of hydrogen-bond donors (Lipinski definition) is 1. The summed E-state index contributed by atoms with van der Waals surface area (Å²) in [5.74, 6) is 0.944. The number of rotatable bonds is 9. The molecule has 0 saturated heterocycles. The molecular formula is C21H27NO4. The zero-order valence-corrected chi connectivity index (χ0v) is 15.7. The van der Waals surface area contributed by atoms with Gasteiger partial charge in [-0.25, -0.2) is 4.79 Å². The van der Waals surface area contributed by atoms with Gasteiger partial charge in [-0.05, 0) is 56.2 Å². The Kier molecular flexibility index (Phi) is 7.33. The molecule has 0 heterocycles. The lowest BCUT2D eigenvalue weighted by Crippen LogP contribution is -2.12. The van der Waals surface area contributed by atoms with Gasteiger partial charge in [-0.3, -0.25) is 0 Å². The summed E-state index contributed by atoms with van der Waals surface area (Å²) in [5.41, 5.74) is 8.11. The molecule has 5 heteroatoms. The molecule has 0 aliphatic carbocycles. The average molecular weight is 357 g/mol. The van der Waals surface area contributed by atoms with Crippen LogP contribution in [0.5, 0.6) is 11.5 Å². The Hall–Kier alpha value is -2.69. The zero-order valence-electron chi connectivity index (χ0n) is 15.7. The highest BCUT2D eigenvalue weighted by atomic mass is 16.5. The molecule has 5 nitrogen and oxygen atoms in total. The molecule has 0 atom stereocenters. The highest BCUT2D eigenvalue weighted by molar-refractivity contribution is 5.90. The van der Waals surface area contributed by atoms with Crippen molar-refractivity contribution in [3.63, 3.8) is 0 Å². The summed E-state index contributed by atoms with van der Waals surface area (Å²) in [4.78, 5) is 12.0. The van der Waals surface area contributed by atoms with Crippen LogP contribution in [0.3, 0.4) is 0 Å². The molecule has 2 aromatic rings. The van der Waals surface area contributed by atoms with Gasteiger partial charge in [0.2, 0.25) is 0 Å². The van der Waals surface area contributed by atoms with E-state index < -0.39 is 0 Å². The van der Waals surface area contributed by atoms with E-state index in [0.29, 0.717) is 36.6 Å². The summed E-state index contributed by atoms with van der Waals surface area (Å²) in [6, 6.07) is 13.0. The SMILES string of the molecule is CCc1ccc(OCCCOc2cc(C(=O)OC(C)C)ccc2N)cc1. The monoisotopic (exact) mass is 357 g/mol. The van der Waals surface area contributed by atoms with Gasteiger partial charge in [-0.2, -0.15) is 0 Å². The van der Waals surface area contributed by atoms with Crippen LogP contribution < -0.4 is 15.2 Å². The van der Waals surface area contributed by atoms with E-state index in [1.165, 1.54) is 5.56 Å². The molecule has 0 amide bonds. The zero-order chi connectivity index (χ0) is 18.9. The Morgan fingerprint density at radius 2 is 1.73 bits per heavy atom. The summed E-state index contributed by atoms with van der Waals surface area (Å²) in [6.07, 6.45) is 1.54. The van der Waals surface area contributed by atoms with Crippen molar-refractivity contribution in [2.75, 3.05) is 18.9 Å². The fraction of sp³-hybridized carbons (Fsp3) is 0.381. The first-order valence-corrected chi connectivity index (χ1v) is 8.94. The predicted octanol–water partition coefficient (Wildman–Crippen LogP) is 4.24. The first kappa shape index (κ1) is 19.6. The summed E-state index contributed by atoms with van der Waals surface area (Å²) in [5, 5.41) is 0. The number of hydrogen-bond acceptors (Lipinski definition) is 5. The van der Waals surface area contributed by atoms with E-state index in [2.05, 4.69) is 19.1 Å². The second kappa shape index (κ2) is 9.70. The van der Waals surface area contributed by atoms with E-state index in [9.17, 15) is 4.79 Å². The van der Waals surface area contributed by atoms with Crippen molar-refractivity contribution in [1.82, 2.24) is 0 Å². The highest BCUT2D eigenvalue weighted by Crippen LogP contribution is 2.23. The summed E-state index contributed by atoms with van der Waals surface area (Å²) < 4.78 is 16.6. The lowest BCUT2D eigenvalue weighted by Gasteiger charge is -2.12. The predicted molar refractivity (Wildman–Crippen MR) is 103 cm³/mol. The Bertz CT molecular complexity index is 710. The first-order valence-electron chi connectivity index (χ1n) is 8.94. The number of carbonyl (C=O) groups is 1.